The average molecular weight is 293 g/mol. The normalized spacial score (nSPS) is 15.6. The maximum Gasteiger partial charge on any atom is 0.227 e. The predicted octanol–water partition coefficient (Wildman–Crippen LogP) is 2.36. The lowest BCUT2D eigenvalue weighted by Gasteiger charge is -2.29. The van der Waals surface area contributed by atoms with Crippen molar-refractivity contribution in [2.24, 2.45) is 0 Å². The van der Waals surface area contributed by atoms with Gasteiger partial charge < -0.3 is 14.6 Å². The van der Waals surface area contributed by atoms with E-state index in [1.165, 1.54) is 0 Å². The lowest BCUT2D eigenvalue weighted by molar-refractivity contribution is 0.524. The summed E-state index contributed by atoms with van der Waals surface area (Å²) in [5, 5.41) is 3.95. The van der Waals surface area contributed by atoms with Gasteiger partial charge in [-0.05, 0) is 6.07 Å². The highest BCUT2D eigenvalue weighted by atomic mass is 35.5. The van der Waals surface area contributed by atoms with Crippen LogP contribution in [0.3, 0.4) is 0 Å². The molecular weight excluding hydrogens is 276 g/mol. The number of piperazine rings is 1. The summed E-state index contributed by atoms with van der Waals surface area (Å²) in [6.07, 6.45) is 4.34. The molecule has 106 valence electrons. The van der Waals surface area contributed by atoms with Crippen molar-refractivity contribution in [1.82, 2.24) is 15.3 Å². The fourth-order valence-corrected chi connectivity index (χ4v) is 2.55. The smallest absolute Gasteiger partial charge is 0.227 e. The van der Waals surface area contributed by atoms with Crippen molar-refractivity contribution in [3.8, 4) is 11.5 Å². The Bertz CT molecular complexity index is 593. The third-order valence-electron chi connectivity index (χ3n) is 3.39. The van der Waals surface area contributed by atoms with Crippen LogP contribution in [0.25, 0.3) is 11.5 Å². The minimum absolute atomic E-state index is 0.572. The molecule has 0 unspecified atom stereocenters. The maximum absolute atomic E-state index is 6.36. The fraction of sp³-hybridized carbons (Fsp3) is 0.429. The van der Waals surface area contributed by atoms with Gasteiger partial charge in [-0.2, -0.15) is 0 Å². The third-order valence-corrected chi connectivity index (χ3v) is 3.67. The first-order valence-corrected chi connectivity index (χ1v) is 7.22. The molecule has 2 aromatic heterocycles. The second kappa shape index (κ2) is 5.81. The van der Waals surface area contributed by atoms with Gasteiger partial charge in [0.15, 0.2) is 0 Å². The Balaban J connectivity index is 1.86. The standard InChI is InChI=1S/C14H17ClN4O/c1-2-11-9-18-14(20-11)10-7-12(15)13(17-8-10)19-5-3-16-4-6-19/h7-9,16H,2-6H2,1H3. The molecule has 0 saturated carbocycles. The number of halogens is 1. The summed E-state index contributed by atoms with van der Waals surface area (Å²) in [4.78, 5) is 10.9. The summed E-state index contributed by atoms with van der Waals surface area (Å²) in [6, 6.07) is 1.87. The SMILES string of the molecule is CCc1cnc(-c2cnc(N3CCNCC3)c(Cl)c2)o1. The fourth-order valence-electron chi connectivity index (χ4n) is 2.26. The highest BCUT2D eigenvalue weighted by Gasteiger charge is 2.16. The van der Waals surface area contributed by atoms with Gasteiger partial charge in [0, 0.05) is 38.8 Å². The predicted molar refractivity (Wildman–Crippen MR) is 79.2 cm³/mol. The number of aryl methyl sites for hydroxylation is 1. The number of hydrogen-bond acceptors (Lipinski definition) is 5. The van der Waals surface area contributed by atoms with Gasteiger partial charge in [0.05, 0.1) is 16.8 Å². The van der Waals surface area contributed by atoms with Crippen LogP contribution < -0.4 is 10.2 Å². The summed E-state index contributed by atoms with van der Waals surface area (Å²) >= 11 is 6.36. The Hall–Kier alpha value is -1.59. The number of anilines is 1. The molecule has 20 heavy (non-hydrogen) atoms. The molecule has 0 atom stereocenters. The van der Waals surface area contributed by atoms with Crippen LogP contribution >= 0.6 is 11.6 Å². The number of oxazole rings is 1. The zero-order valence-corrected chi connectivity index (χ0v) is 12.2. The van der Waals surface area contributed by atoms with Gasteiger partial charge in [0.1, 0.15) is 11.6 Å². The Morgan fingerprint density at radius 2 is 2.10 bits per heavy atom. The van der Waals surface area contributed by atoms with Crippen LogP contribution in [0.15, 0.2) is 22.9 Å². The van der Waals surface area contributed by atoms with Crippen LogP contribution in [0.4, 0.5) is 5.82 Å². The van der Waals surface area contributed by atoms with E-state index in [9.17, 15) is 0 Å². The molecule has 0 amide bonds. The molecule has 6 heteroatoms. The third kappa shape index (κ3) is 2.64. The summed E-state index contributed by atoms with van der Waals surface area (Å²) in [5.74, 6) is 2.27. The highest BCUT2D eigenvalue weighted by Crippen LogP contribution is 2.28. The van der Waals surface area contributed by atoms with E-state index in [1.807, 2.05) is 13.0 Å². The van der Waals surface area contributed by atoms with Gasteiger partial charge in [-0.1, -0.05) is 18.5 Å². The molecule has 0 bridgehead atoms. The van der Waals surface area contributed by atoms with Crippen molar-refractivity contribution in [3.63, 3.8) is 0 Å². The first-order chi connectivity index (χ1) is 9.78. The molecule has 0 aliphatic carbocycles. The first-order valence-electron chi connectivity index (χ1n) is 6.84. The van der Waals surface area contributed by atoms with Crippen molar-refractivity contribution >= 4 is 17.4 Å². The van der Waals surface area contributed by atoms with Crippen LogP contribution in [0.5, 0.6) is 0 Å². The van der Waals surface area contributed by atoms with E-state index in [1.54, 1.807) is 12.4 Å². The number of hydrogen-bond donors (Lipinski definition) is 1. The Kier molecular flexibility index (Phi) is 3.89. The summed E-state index contributed by atoms with van der Waals surface area (Å²) in [5.41, 5.74) is 0.814. The molecule has 3 rings (SSSR count). The molecule has 1 N–H and O–H groups in total. The van der Waals surface area contributed by atoms with Crippen LogP contribution in [-0.2, 0) is 6.42 Å². The molecule has 1 aliphatic rings. The molecule has 3 heterocycles. The van der Waals surface area contributed by atoms with Crippen molar-refractivity contribution < 1.29 is 4.42 Å². The van der Waals surface area contributed by atoms with E-state index in [0.717, 1.165) is 49.7 Å². The molecular formula is C14H17ClN4O. The Morgan fingerprint density at radius 1 is 1.30 bits per heavy atom. The maximum atomic E-state index is 6.36. The highest BCUT2D eigenvalue weighted by molar-refractivity contribution is 6.33. The quantitative estimate of drug-likeness (QED) is 0.941. The minimum Gasteiger partial charge on any atom is -0.441 e. The molecule has 1 fully saturated rings. The Morgan fingerprint density at radius 3 is 2.75 bits per heavy atom. The van der Waals surface area contributed by atoms with Gasteiger partial charge in [-0.3, -0.25) is 0 Å². The molecule has 0 radical (unpaired) electrons. The second-order valence-corrected chi connectivity index (χ2v) is 5.16. The number of nitrogens with zero attached hydrogens (tertiary/aromatic N) is 3. The van der Waals surface area contributed by atoms with Crippen molar-refractivity contribution in [2.45, 2.75) is 13.3 Å². The van der Waals surface area contributed by atoms with Gasteiger partial charge >= 0.3 is 0 Å². The van der Waals surface area contributed by atoms with Gasteiger partial charge in [-0.25, -0.2) is 9.97 Å². The topological polar surface area (TPSA) is 54.2 Å². The molecule has 0 aromatic carbocycles. The van der Waals surface area contributed by atoms with E-state index in [2.05, 4.69) is 20.2 Å². The van der Waals surface area contributed by atoms with E-state index in [-0.39, 0.29) is 0 Å². The van der Waals surface area contributed by atoms with Crippen LogP contribution in [-0.4, -0.2) is 36.1 Å². The molecule has 0 spiro atoms. The lowest BCUT2D eigenvalue weighted by Crippen LogP contribution is -2.44. The number of pyridine rings is 1. The van der Waals surface area contributed by atoms with E-state index < -0.39 is 0 Å². The number of nitrogens with one attached hydrogen (secondary N) is 1. The van der Waals surface area contributed by atoms with Gasteiger partial charge in [0.2, 0.25) is 5.89 Å². The van der Waals surface area contributed by atoms with E-state index in [0.29, 0.717) is 10.9 Å². The molecule has 5 nitrogen and oxygen atoms in total. The second-order valence-electron chi connectivity index (χ2n) is 4.75. The summed E-state index contributed by atoms with van der Waals surface area (Å²) in [6.45, 7) is 5.79. The molecule has 2 aromatic rings. The van der Waals surface area contributed by atoms with Crippen LogP contribution in [0.2, 0.25) is 5.02 Å². The molecule has 1 saturated heterocycles. The largest absolute Gasteiger partial charge is 0.441 e. The van der Waals surface area contributed by atoms with E-state index in [4.69, 9.17) is 16.0 Å². The summed E-state index contributed by atoms with van der Waals surface area (Å²) in [7, 11) is 0. The zero-order chi connectivity index (χ0) is 13.9. The minimum atomic E-state index is 0.572. The summed E-state index contributed by atoms with van der Waals surface area (Å²) < 4.78 is 5.63. The zero-order valence-electron chi connectivity index (χ0n) is 11.4. The Labute approximate surface area is 123 Å². The van der Waals surface area contributed by atoms with Crippen LogP contribution in [0, 0.1) is 0 Å². The molecule has 1 aliphatic heterocycles. The lowest BCUT2D eigenvalue weighted by atomic mass is 10.2. The first kappa shape index (κ1) is 13.4. The van der Waals surface area contributed by atoms with Crippen molar-refractivity contribution in [3.05, 3.63) is 29.2 Å². The number of aromatic nitrogens is 2. The average Bonchev–Trinajstić information content (AvgIpc) is 2.97. The van der Waals surface area contributed by atoms with Crippen molar-refractivity contribution in [1.29, 1.82) is 0 Å². The number of rotatable bonds is 3. The van der Waals surface area contributed by atoms with Crippen LogP contribution in [0.1, 0.15) is 12.7 Å². The van der Waals surface area contributed by atoms with Gasteiger partial charge in [0.25, 0.3) is 0 Å². The van der Waals surface area contributed by atoms with Gasteiger partial charge in [-0.15, -0.1) is 0 Å². The van der Waals surface area contributed by atoms with Crippen molar-refractivity contribution in [2.75, 3.05) is 31.1 Å². The van der Waals surface area contributed by atoms with E-state index >= 15 is 0 Å². The monoisotopic (exact) mass is 292 g/mol.